The third-order valence-electron chi connectivity index (χ3n) is 5.03. The molecule has 3 rings (SSSR count). The topological polar surface area (TPSA) is 56.6 Å². The summed E-state index contributed by atoms with van der Waals surface area (Å²) in [6.07, 6.45) is 4.26. The lowest BCUT2D eigenvalue weighted by molar-refractivity contribution is -0.132. The van der Waals surface area contributed by atoms with Gasteiger partial charge in [-0.05, 0) is 18.8 Å². The molecule has 3 heterocycles. The van der Waals surface area contributed by atoms with Crippen molar-refractivity contribution in [2.24, 2.45) is 13.0 Å². The van der Waals surface area contributed by atoms with E-state index >= 15 is 0 Å². The molecular weight excluding hydrogens is 294 g/mol. The Morgan fingerprint density at radius 3 is 2.91 bits per heavy atom. The van der Waals surface area contributed by atoms with E-state index in [0.29, 0.717) is 25.4 Å². The lowest BCUT2D eigenvalue weighted by atomic mass is 9.97. The highest BCUT2D eigenvalue weighted by molar-refractivity contribution is 5.76. The van der Waals surface area contributed by atoms with E-state index in [1.165, 1.54) is 11.3 Å². The number of hydrogen-bond acceptors (Lipinski definition) is 4. The van der Waals surface area contributed by atoms with Crippen LogP contribution in [-0.2, 0) is 40.8 Å². The molecule has 0 saturated carbocycles. The molecule has 1 saturated heterocycles. The van der Waals surface area contributed by atoms with E-state index < -0.39 is 0 Å². The van der Waals surface area contributed by atoms with Crippen molar-refractivity contribution in [1.82, 2.24) is 14.7 Å². The first-order valence-corrected chi connectivity index (χ1v) is 8.57. The summed E-state index contributed by atoms with van der Waals surface area (Å²) in [5, 5.41) is 4.60. The average Bonchev–Trinajstić information content (AvgIpc) is 2.90. The number of likely N-dealkylation sites (tertiary alicyclic amines) is 1. The highest BCUT2D eigenvalue weighted by Crippen LogP contribution is 2.22. The van der Waals surface area contributed by atoms with Crippen molar-refractivity contribution in [3.05, 3.63) is 17.0 Å². The van der Waals surface area contributed by atoms with Gasteiger partial charge < -0.3 is 14.4 Å². The molecule has 0 aliphatic carbocycles. The Hall–Kier alpha value is -1.40. The van der Waals surface area contributed by atoms with Crippen molar-refractivity contribution in [2.45, 2.75) is 38.7 Å². The number of carbonyl (C=O) groups excluding carboxylic acids is 1. The Morgan fingerprint density at radius 1 is 1.39 bits per heavy atom. The number of nitrogens with zero attached hydrogens (tertiary/aromatic N) is 3. The second-order valence-corrected chi connectivity index (χ2v) is 6.58. The average molecular weight is 321 g/mol. The number of aryl methyl sites for hydroxylation is 2. The summed E-state index contributed by atoms with van der Waals surface area (Å²) in [5.41, 5.74) is 3.49. The van der Waals surface area contributed by atoms with Gasteiger partial charge in [0.25, 0.3) is 0 Å². The normalized spacial score (nSPS) is 19.0. The number of rotatable bonds is 5. The number of amides is 1. The zero-order valence-corrected chi connectivity index (χ0v) is 14.2. The molecule has 2 aliphatic rings. The predicted octanol–water partition coefficient (Wildman–Crippen LogP) is 1.31. The molecular formula is C17H27N3O3. The van der Waals surface area contributed by atoms with Crippen LogP contribution in [0.4, 0.5) is 0 Å². The van der Waals surface area contributed by atoms with Gasteiger partial charge in [-0.25, -0.2) is 0 Å². The van der Waals surface area contributed by atoms with E-state index in [1.807, 2.05) is 16.6 Å². The number of ether oxygens (including phenoxy) is 2. The van der Waals surface area contributed by atoms with E-state index in [9.17, 15) is 4.79 Å². The van der Waals surface area contributed by atoms with E-state index in [4.69, 9.17) is 9.47 Å². The fourth-order valence-corrected chi connectivity index (χ4v) is 3.66. The van der Waals surface area contributed by atoms with Gasteiger partial charge in [0.15, 0.2) is 0 Å². The first-order valence-electron chi connectivity index (χ1n) is 8.57. The van der Waals surface area contributed by atoms with E-state index in [-0.39, 0.29) is 5.91 Å². The van der Waals surface area contributed by atoms with Gasteiger partial charge in [0, 0.05) is 64.4 Å². The Bertz CT molecular complexity index is 548. The first kappa shape index (κ1) is 16.5. The van der Waals surface area contributed by atoms with Crippen LogP contribution in [0.3, 0.4) is 0 Å². The van der Waals surface area contributed by atoms with Crippen LogP contribution in [0.2, 0.25) is 0 Å². The van der Waals surface area contributed by atoms with Crippen LogP contribution in [-0.4, -0.2) is 54.0 Å². The van der Waals surface area contributed by atoms with Gasteiger partial charge in [-0.1, -0.05) is 0 Å². The van der Waals surface area contributed by atoms with Gasteiger partial charge in [0.05, 0.1) is 18.9 Å². The van der Waals surface area contributed by atoms with Crippen LogP contribution in [0, 0.1) is 5.92 Å². The lowest BCUT2D eigenvalue weighted by Gasteiger charge is -2.31. The maximum absolute atomic E-state index is 12.4. The van der Waals surface area contributed by atoms with Gasteiger partial charge in [-0.3, -0.25) is 9.48 Å². The quantitative estimate of drug-likeness (QED) is 0.820. The van der Waals surface area contributed by atoms with Gasteiger partial charge in [0.1, 0.15) is 0 Å². The van der Waals surface area contributed by atoms with Crippen LogP contribution in [0.15, 0.2) is 0 Å². The third kappa shape index (κ3) is 3.75. The molecule has 1 amide bonds. The molecule has 1 fully saturated rings. The molecule has 2 aliphatic heterocycles. The zero-order valence-electron chi connectivity index (χ0n) is 14.2. The second kappa shape index (κ2) is 7.45. The van der Waals surface area contributed by atoms with Crippen molar-refractivity contribution in [2.75, 3.05) is 33.4 Å². The van der Waals surface area contributed by atoms with E-state index in [1.54, 1.807) is 7.11 Å². The van der Waals surface area contributed by atoms with Gasteiger partial charge >= 0.3 is 0 Å². The minimum absolute atomic E-state index is 0.247. The van der Waals surface area contributed by atoms with Crippen molar-refractivity contribution < 1.29 is 14.3 Å². The summed E-state index contributed by atoms with van der Waals surface area (Å²) < 4.78 is 12.7. The van der Waals surface area contributed by atoms with Crippen LogP contribution in [0.1, 0.15) is 36.2 Å². The fourth-order valence-electron chi connectivity index (χ4n) is 3.66. The second-order valence-electron chi connectivity index (χ2n) is 6.58. The molecule has 0 spiro atoms. The highest BCUT2D eigenvalue weighted by Gasteiger charge is 2.24. The summed E-state index contributed by atoms with van der Waals surface area (Å²) in [7, 11) is 3.73. The smallest absolute Gasteiger partial charge is 0.222 e. The van der Waals surface area contributed by atoms with E-state index in [2.05, 4.69) is 5.10 Å². The Kier molecular flexibility index (Phi) is 5.33. The number of aromatic nitrogens is 2. The minimum atomic E-state index is 0.247. The molecule has 23 heavy (non-hydrogen) atoms. The zero-order chi connectivity index (χ0) is 16.2. The van der Waals surface area contributed by atoms with Crippen molar-refractivity contribution in [3.63, 3.8) is 0 Å². The molecule has 0 unspecified atom stereocenters. The SMILES string of the molecule is COCC1CCN(C(=O)CCc2nn(C)c3c2COCC3)CC1. The summed E-state index contributed by atoms with van der Waals surface area (Å²) in [6, 6.07) is 0. The molecule has 0 bridgehead atoms. The van der Waals surface area contributed by atoms with Gasteiger partial charge in [-0.15, -0.1) is 0 Å². The summed E-state index contributed by atoms with van der Waals surface area (Å²) in [6.45, 7) is 3.92. The van der Waals surface area contributed by atoms with Crippen LogP contribution in [0.25, 0.3) is 0 Å². The van der Waals surface area contributed by atoms with Gasteiger partial charge in [-0.2, -0.15) is 5.10 Å². The summed E-state index contributed by atoms with van der Waals surface area (Å²) in [4.78, 5) is 14.4. The fraction of sp³-hybridized carbons (Fsp3) is 0.765. The molecule has 1 aromatic rings. The standard InChI is InChI=1S/C17H27N3O3/c1-19-16-7-10-23-12-14(16)15(18-19)3-4-17(21)20-8-5-13(6-9-20)11-22-2/h13H,3-12H2,1-2H3. The summed E-state index contributed by atoms with van der Waals surface area (Å²) >= 11 is 0. The van der Waals surface area contributed by atoms with Crippen LogP contribution < -0.4 is 0 Å². The van der Waals surface area contributed by atoms with E-state index in [0.717, 1.165) is 51.3 Å². The molecule has 0 atom stereocenters. The number of carbonyl (C=O) groups is 1. The number of hydrogen-bond donors (Lipinski definition) is 0. The predicted molar refractivity (Wildman–Crippen MR) is 86.1 cm³/mol. The molecule has 0 aromatic carbocycles. The van der Waals surface area contributed by atoms with Crippen molar-refractivity contribution in [1.29, 1.82) is 0 Å². The maximum Gasteiger partial charge on any atom is 0.222 e. The van der Waals surface area contributed by atoms with Crippen LogP contribution >= 0.6 is 0 Å². The largest absolute Gasteiger partial charge is 0.384 e. The monoisotopic (exact) mass is 321 g/mol. The number of piperidine rings is 1. The third-order valence-corrected chi connectivity index (χ3v) is 5.03. The highest BCUT2D eigenvalue weighted by atomic mass is 16.5. The maximum atomic E-state index is 12.4. The Balaban J connectivity index is 1.52. The number of methoxy groups -OCH3 is 1. The lowest BCUT2D eigenvalue weighted by Crippen LogP contribution is -2.39. The Labute approximate surface area is 137 Å². The van der Waals surface area contributed by atoms with Crippen LogP contribution in [0.5, 0.6) is 0 Å². The van der Waals surface area contributed by atoms with Crippen molar-refractivity contribution in [3.8, 4) is 0 Å². The molecule has 0 radical (unpaired) electrons. The van der Waals surface area contributed by atoms with Gasteiger partial charge in [0.2, 0.25) is 5.91 Å². The molecule has 6 heteroatoms. The molecule has 0 N–H and O–H groups in total. The number of fused-ring (bicyclic) bond motifs is 1. The minimum Gasteiger partial charge on any atom is -0.384 e. The molecule has 6 nitrogen and oxygen atoms in total. The first-order chi connectivity index (χ1) is 11.2. The summed E-state index contributed by atoms with van der Waals surface area (Å²) in [5.74, 6) is 0.848. The molecule has 128 valence electrons. The molecule has 1 aromatic heterocycles. The Morgan fingerprint density at radius 2 is 2.17 bits per heavy atom. The van der Waals surface area contributed by atoms with Crippen molar-refractivity contribution >= 4 is 5.91 Å².